The molecule has 0 spiro atoms. The van der Waals surface area contributed by atoms with Crippen molar-refractivity contribution in [2.75, 3.05) is 31.3 Å². The van der Waals surface area contributed by atoms with Gasteiger partial charge in [0.05, 0.1) is 0 Å². The van der Waals surface area contributed by atoms with E-state index in [1.165, 1.54) is 38.2 Å². The fourth-order valence-corrected chi connectivity index (χ4v) is 2.56. The topological polar surface area (TPSA) is 3.24 Å². The summed E-state index contributed by atoms with van der Waals surface area (Å²) in [6.07, 6.45) is 2.80. The number of nitrogens with zero attached hydrogens (tertiary/aromatic N) is 1. The maximum absolute atomic E-state index is 5.71. The highest BCUT2D eigenvalue weighted by Crippen LogP contribution is 2.13. The summed E-state index contributed by atoms with van der Waals surface area (Å²) < 4.78 is 0. The molecule has 0 amide bonds. The Hall–Kier alpha value is 0.600. The van der Waals surface area contributed by atoms with E-state index in [-0.39, 0.29) is 0 Å². The van der Waals surface area contributed by atoms with Gasteiger partial charge in [-0.1, -0.05) is 6.92 Å². The van der Waals surface area contributed by atoms with E-state index in [4.69, 9.17) is 11.6 Å². The first-order valence-corrected chi connectivity index (χ1v) is 6.31. The van der Waals surface area contributed by atoms with E-state index in [2.05, 4.69) is 11.8 Å². The van der Waals surface area contributed by atoms with Crippen LogP contribution in [0.25, 0.3) is 0 Å². The van der Waals surface area contributed by atoms with Gasteiger partial charge in [0, 0.05) is 23.4 Å². The molecule has 1 nitrogen and oxygen atoms in total. The van der Waals surface area contributed by atoms with Crippen molar-refractivity contribution in [1.29, 1.82) is 0 Å². The monoisotopic (exact) mass is 207 g/mol. The van der Waals surface area contributed by atoms with Gasteiger partial charge in [0.15, 0.2) is 0 Å². The lowest BCUT2D eigenvalue weighted by Crippen LogP contribution is -2.22. The standard InChI is InChI=1S/C9H18ClNS/c1-9(8-10)12-7-6-11-4-2-3-5-11/h9H,2-8H2,1H3. The summed E-state index contributed by atoms with van der Waals surface area (Å²) in [6.45, 7) is 6.08. The van der Waals surface area contributed by atoms with Gasteiger partial charge >= 0.3 is 0 Å². The highest BCUT2D eigenvalue weighted by molar-refractivity contribution is 7.99. The smallest absolute Gasteiger partial charge is 0.0339 e. The van der Waals surface area contributed by atoms with Gasteiger partial charge in [-0.25, -0.2) is 0 Å². The summed E-state index contributed by atoms with van der Waals surface area (Å²) in [5, 5.41) is 0.620. The molecule has 1 aliphatic heterocycles. The Labute approximate surface area is 84.8 Å². The van der Waals surface area contributed by atoms with Gasteiger partial charge in [-0.3, -0.25) is 0 Å². The zero-order valence-electron chi connectivity index (χ0n) is 7.76. The summed E-state index contributed by atoms with van der Waals surface area (Å²) in [4.78, 5) is 2.55. The lowest BCUT2D eigenvalue weighted by atomic mass is 10.4. The van der Waals surface area contributed by atoms with Crippen molar-refractivity contribution in [2.24, 2.45) is 0 Å². The fraction of sp³-hybridized carbons (Fsp3) is 1.00. The molecule has 0 aliphatic carbocycles. The molecule has 1 heterocycles. The molecule has 1 fully saturated rings. The van der Waals surface area contributed by atoms with Crippen LogP contribution in [0.2, 0.25) is 0 Å². The molecular formula is C9H18ClNS. The van der Waals surface area contributed by atoms with E-state index in [1.54, 1.807) is 0 Å². The molecule has 1 rings (SSSR count). The molecule has 0 aromatic carbocycles. The maximum Gasteiger partial charge on any atom is 0.0339 e. The third kappa shape index (κ3) is 4.01. The van der Waals surface area contributed by atoms with E-state index in [1.807, 2.05) is 11.8 Å². The van der Waals surface area contributed by atoms with Crippen LogP contribution >= 0.6 is 23.4 Å². The van der Waals surface area contributed by atoms with Crippen LogP contribution in [0, 0.1) is 0 Å². The third-order valence-electron chi connectivity index (χ3n) is 2.23. The second kappa shape index (κ2) is 6.11. The number of likely N-dealkylation sites (tertiary alicyclic amines) is 1. The maximum atomic E-state index is 5.71. The number of hydrogen-bond donors (Lipinski definition) is 0. The Bertz CT molecular complexity index is 115. The van der Waals surface area contributed by atoms with Crippen LogP contribution in [0.15, 0.2) is 0 Å². The van der Waals surface area contributed by atoms with Crippen molar-refractivity contribution in [2.45, 2.75) is 25.0 Å². The van der Waals surface area contributed by atoms with Gasteiger partial charge in [0.25, 0.3) is 0 Å². The van der Waals surface area contributed by atoms with E-state index < -0.39 is 0 Å². The Kier molecular flexibility index (Phi) is 5.44. The van der Waals surface area contributed by atoms with Crippen LogP contribution < -0.4 is 0 Å². The van der Waals surface area contributed by atoms with Crippen molar-refractivity contribution in [3.05, 3.63) is 0 Å². The van der Waals surface area contributed by atoms with Gasteiger partial charge in [0.1, 0.15) is 0 Å². The molecule has 1 aliphatic rings. The van der Waals surface area contributed by atoms with Crippen LogP contribution in [-0.2, 0) is 0 Å². The van der Waals surface area contributed by atoms with Gasteiger partial charge in [-0.15, -0.1) is 11.6 Å². The molecule has 1 unspecified atom stereocenters. The summed E-state index contributed by atoms with van der Waals surface area (Å²) in [6, 6.07) is 0. The van der Waals surface area contributed by atoms with E-state index in [9.17, 15) is 0 Å². The Morgan fingerprint density at radius 3 is 2.67 bits per heavy atom. The molecule has 3 heteroatoms. The van der Waals surface area contributed by atoms with Gasteiger partial charge < -0.3 is 4.90 Å². The van der Waals surface area contributed by atoms with Gasteiger partial charge in [-0.2, -0.15) is 11.8 Å². The number of alkyl halides is 1. The molecular weight excluding hydrogens is 190 g/mol. The average molecular weight is 208 g/mol. The Morgan fingerprint density at radius 2 is 2.08 bits per heavy atom. The molecule has 0 aromatic heterocycles. The minimum absolute atomic E-state index is 0.620. The summed E-state index contributed by atoms with van der Waals surface area (Å²) in [7, 11) is 0. The van der Waals surface area contributed by atoms with Crippen LogP contribution in [0.1, 0.15) is 19.8 Å². The van der Waals surface area contributed by atoms with Crippen molar-refractivity contribution in [3.63, 3.8) is 0 Å². The second-order valence-electron chi connectivity index (χ2n) is 3.38. The van der Waals surface area contributed by atoms with E-state index >= 15 is 0 Å². The SMILES string of the molecule is CC(CCl)SCCN1CCCC1. The molecule has 12 heavy (non-hydrogen) atoms. The average Bonchev–Trinajstić information content (AvgIpc) is 2.57. The molecule has 72 valence electrons. The first-order chi connectivity index (χ1) is 5.83. The molecule has 0 saturated carbocycles. The first kappa shape index (κ1) is 10.7. The highest BCUT2D eigenvalue weighted by atomic mass is 35.5. The Balaban J connectivity index is 1.94. The van der Waals surface area contributed by atoms with E-state index in [0.717, 1.165) is 5.88 Å². The molecule has 0 bridgehead atoms. The second-order valence-corrected chi connectivity index (χ2v) is 5.24. The van der Waals surface area contributed by atoms with Crippen LogP contribution in [-0.4, -0.2) is 41.4 Å². The molecule has 1 atom stereocenters. The van der Waals surface area contributed by atoms with Crippen LogP contribution in [0.3, 0.4) is 0 Å². The number of thioether (sulfide) groups is 1. The number of rotatable bonds is 5. The van der Waals surface area contributed by atoms with Crippen molar-refractivity contribution >= 4 is 23.4 Å². The summed E-state index contributed by atoms with van der Waals surface area (Å²) >= 11 is 7.70. The number of halogens is 1. The first-order valence-electron chi connectivity index (χ1n) is 4.73. The number of hydrogen-bond acceptors (Lipinski definition) is 2. The quantitative estimate of drug-likeness (QED) is 0.638. The zero-order valence-corrected chi connectivity index (χ0v) is 9.33. The predicted molar refractivity (Wildman–Crippen MR) is 58.3 cm³/mol. The normalized spacial score (nSPS) is 21.5. The zero-order chi connectivity index (χ0) is 8.81. The third-order valence-corrected chi connectivity index (χ3v) is 4.03. The Morgan fingerprint density at radius 1 is 1.42 bits per heavy atom. The van der Waals surface area contributed by atoms with Crippen molar-refractivity contribution < 1.29 is 0 Å². The fourth-order valence-electron chi connectivity index (χ4n) is 1.43. The molecule has 0 radical (unpaired) electrons. The minimum atomic E-state index is 0.620. The molecule has 0 N–H and O–H groups in total. The molecule has 0 aromatic rings. The van der Waals surface area contributed by atoms with Crippen molar-refractivity contribution in [3.8, 4) is 0 Å². The predicted octanol–water partition coefficient (Wildman–Crippen LogP) is 2.44. The van der Waals surface area contributed by atoms with Crippen molar-refractivity contribution in [1.82, 2.24) is 4.90 Å². The van der Waals surface area contributed by atoms with Gasteiger partial charge in [0.2, 0.25) is 0 Å². The molecule has 1 saturated heterocycles. The highest BCUT2D eigenvalue weighted by Gasteiger charge is 2.10. The lowest BCUT2D eigenvalue weighted by Gasteiger charge is -2.15. The lowest BCUT2D eigenvalue weighted by molar-refractivity contribution is 0.362. The largest absolute Gasteiger partial charge is 0.303 e. The van der Waals surface area contributed by atoms with Crippen LogP contribution in [0.5, 0.6) is 0 Å². The van der Waals surface area contributed by atoms with Crippen LogP contribution in [0.4, 0.5) is 0 Å². The summed E-state index contributed by atoms with van der Waals surface area (Å²) in [5.74, 6) is 2.03. The van der Waals surface area contributed by atoms with Gasteiger partial charge in [-0.05, 0) is 25.9 Å². The summed E-state index contributed by atoms with van der Waals surface area (Å²) in [5.41, 5.74) is 0. The van der Waals surface area contributed by atoms with E-state index in [0.29, 0.717) is 5.25 Å². The minimum Gasteiger partial charge on any atom is -0.303 e.